The molecular weight excluding hydrogens is 376 g/mol. The SMILES string of the molecule is Cc1ccc2c(c1)[nH]c1cc(OCC(O)CNCCOc3ccccc3C)ccc12. The molecule has 5 nitrogen and oxygen atoms in total. The van der Waals surface area contributed by atoms with Crippen LogP contribution in [0.4, 0.5) is 0 Å². The van der Waals surface area contributed by atoms with Crippen LogP contribution < -0.4 is 14.8 Å². The van der Waals surface area contributed by atoms with Crippen molar-refractivity contribution in [3.63, 3.8) is 0 Å². The van der Waals surface area contributed by atoms with Crippen LogP contribution in [-0.4, -0.2) is 42.5 Å². The summed E-state index contributed by atoms with van der Waals surface area (Å²) >= 11 is 0. The standard InChI is InChI=1S/C25H28N2O3/c1-17-7-9-21-22-10-8-20(14-24(22)27-23(21)13-17)30-16-19(28)15-26-11-12-29-25-6-4-3-5-18(25)2/h3-10,13-14,19,26-28H,11-12,15-16H2,1-2H3. The molecule has 0 radical (unpaired) electrons. The zero-order valence-corrected chi connectivity index (χ0v) is 17.4. The van der Waals surface area contributed by atoms with Crippen molar-refractivity contribution in [3.05, 3.63) is 71.8 Å². The number of para-hydroxylation sites is 1. The molecule has 4 aromatic rings. The first kappa shape index (κ1) is 20.3. The summed E-state index contributed by atoms with van der Waals surface area (Å²) in [7, 11) is 0. The number of aromatic amines is 1. The summed E-state index contributed by atoms with van der Waals surface area (Å²) < 4.78 is 11.5. The van der Waals surface area contributed by atoms with Gasteiger partial charge in [-0.3, -0.25) is 0 Å². The highest BCUT2D eigenvalue weighted by Crippen LogP contribution is 2.29. The fourth-order valence-corrected chi connectivity index (χ4v) is 3.56. The summed E-state index contributed by atoms with van der Waals surface area (Å²) in [5, 5.41) is 15.8. The summed E-state index contributed by atoms with van der Waals surface area (Å²) in [5.74, 6) is 1.64. The zero-order chi connectivity index (χ0) is 20.9. The second-order valence-electron chi connectivity index (χ2n) is 7.66. The highest BCUT2D eigenvalue weighted by Gasteiger charge is 2.08. The summed E-state index contributed by atoms with van der Waals surface area (Å²) in [4.78, 5) is 3.44. The number of aryl methyl sites for hydroxylation is 2. The van der Waals surface area contributed by atoms with E-state index < -0.39 is 6.10 Å². The Morgan fingerprint density at radius 1 is 0.933 bits per heavy atom. The second kappa shape index (κ2) is 9.20. The maximum atomic E-state index is 10.2. The molecule has 30 heavy (non-hydrogen) atoms. The lowest BCUT2D eigenvalue weighted by Gasteiger charge is -2.14. The number of aromatic nitrogens is 1. The third kappa shape index (κ3) is 4.75. The van der Waals surface area contributed by atoms with Crippen LogP contribution >= 0.6 is 0 Å². The first-order valence-corrected chi connectivity index (χ1v) is 10.3. The summed E-state index contributed by atoms with van der Waals surface area (Å²) in [6, 6.07) is 20.4. The van der Waals surface area contributed by atoms with Crippen molar-refractivity contribution in [2.45, 2.75) is 20.0 Å². The predicted molar refractivity (Wildman–Crippen MR) is 122 cm³/mol. The predicted octanol–water partition coefficient (Wildman–Crippen LogP) is 4.35. The molecule has 156 valence electrons. The van der Waals surface area contributed by atoms with Crippen molar-refractivity contribution >= 4 is 21.8 Å². The van der Waals surface area contributed by atoms with Crippen LogP contribution in [0.2, 0.25) is 0 Å². The van der Waals surface area contributed by atoms with Crippen molar-refractivity contribution in [2.75, 3.05) is 26.3 Å². The molecule has 0 spiro atoms. The minimum atomic E-state index is -0.593. The molecule has 0 fully saturated rings. The number of aliphatic hydroxyl groups excluding tert-OH is 1. The summed E-state index contributed by atoms with van der Waals surface area (Å²) in [6.45, 7) is 6.00. The first-order valence-electron chi connectivity index (χ1n) is 10.3. The minimum Gasteiger partial charge on any atom is -0.492 e. The van der Waals surface area contributed by atoms with E-state index in [4.69, 9.17) is 9.47 Å². The van der Waals surface area contributed by atoms with Crippen LogP contribution in [-0.2, 0) is 0 Å². The maximum absolute atomic E-state index is 10.2. The Kier molecular flexibility index (Phi) is 6.21. The van der Waals surface area contributed by atoms with Gasteiger partial charge in [0.15, 0.2) is 0 Å². The topological polar surface area (TPSA) is 66.5 Å². The fourth-order valence-electron chi connectivity index (χ4n) is 3.56. The van der Waals surface area contributed by atoms with E-state index >= 15 is 0 Å². The average Bonchev–Trinajstić information content (AvgIpc) is 3.09. The van der Waals surface area contributed by atoms with Gasteiger partial charge in [-0.25, -0.2) is 0 Å². The van der Waals surface area contributed by atoms with E-state index in [1.54, 1.807) is 0 Å². The van der Waals surface area contributed by atoms with E-state index in [2.05, 4.69) is 41.5 Å². The number of benzene rings is 3. The molecule has 1 atom stereocenters. The van der Waals surface area contributed by atoms with E-state index in [-0.39, 0.29) is 6.61 Å². The highest BCUT2D eigenvalue weighted by atomic mass is 16.5. The van der Waals surface area contributed by atoms with Gasteiger partial charge in [-0.15, -0.1) is 0 Å². The number of fused-ring (bicyclic) bond motifs is 3. The number of H-pyrrole nitrogens is 1. The van der Waals surface area contributed by atoms with Gasteiger partial charge in [0.1, 0.15) is 30.8 Å². The van der Waals surface area contributed by atoms with Crippen molar-refractivity contribution in [2.24, 2.45) is 0 Å². The molecule has 1 heterocycles. The molecular formula is C25H28N2O3. The Balaban J connectivity index is 1.23. The van der Waals surface area contributed by atoms with Gasteiger partial charge in [0.25, 0.3) is 0 Å². The molecule has 3 N–H and O–H groups in total. The third-order valence-corrected chi connectivity index (χ3v) is 5.18. The Morgan fingerprint density at radius 2 is 1.70 bits per heavy atom. The number of hydrogen-bond acceptors (Lipinski definition) is 4. The lowest BCUT2D eigenvalue weighted by molar-refractivity contribution is 0.105. The van der Waals surface area contributed by atoms with E-state index in [1.165, 1.54) is 16.3 Å². The van der Waals surface area contributed by atoms with E-state index in [0.717, 1.165) is 28.1 Å². The van der Waals surface area contributed by atoms with Crippen LogP contribution in [0.15, 0.2) is 60.7 Å². The van der Waals surface area contributed by atoms with Crippen LogP contribution in [0.1, 0.15) is 11.1 Å². The molecule has 1 unspecified atom stereocenters. The van der Waals surface area contributed by atoms with E-state index in [1.807, 2.05) is 43.3 Å². The normalized spacial score (nSPS) is 12.4. The molecule has 0 amide bonds. The Labute approximate surface area is 176 Å². The van der Waals surface area contributed by atoms with Crippen molar-refractivity contribution in [1.29, 1.82) is 0 Å². The highest BCUT2D eigenvalue weighted by molar-refractivity contribution is 6.07. The molecule has 0 saturated carbocycles. The van der Waals surface area contributed by atoms with Crippen LogP contribution in [0.3, 0.4) is 0 Å². The molecule has 0 aliphatic heterocycles. The number of ether oxygens (including phenoxy) is 2. The number of rotatable bonds is 9. The molecule has 1 aromatic heterocycles. The number of aliphatic hydroxyl groups is 1. The second-order valence-corrected chi connectivity index (χ2v) is 7.66. The smallest absolute Gasteiger partial charge is 0.122 e. The Morgan fingerprint density at radius 3 is 2.53 bits per heavy atom. The molecule has 0 bridgehead atoms. The number of hydrogen-bond donors (Lipinski definition) is 3. The summed E-state index contributed by atoms with van der Waals surface area (Å²) in [5.41, 5.74) is 4.51. The van der Waals surface area contributed by atoms with Gasteiger partial charge < -0.3 is 24.9 Å². The Hall–Kier alpha value is -3.02. The van der Waals surface area contributed by atoms with Gasteiger partial charge in [0, 0.05) is 35.4 Å². The van der Waals surface area contributed by atoms with Gasteiger partial charge >= 0.3 is 0 Å². The molecule has 3 aromatic carbocycles. The van der Waals surface area contributed by atoms with E-state index in [9.17, 15) is 5.11 Å². The quantitative estimate of drug-likeness (QED) is 0.363. The van der Waals surface area contributed by atoms with Gasteiger partial charge in [0.2, 0.25) is 0 Å². The largest absolute Gasteiger partial charge is 0.492 e. The molecule has 0 aliphatic carbocycles. The lowest BCUT2D eigenvalue weighted by atomic mass is 10.1. The fraction of sp³-hybridized carbons (Fsp3) is 0.280. The average molecular weight is 405 g/mol. The van der Waals surface area contributed by atoms with Gasteiger partial charge in [-0.2, -0.15) is 0 Å². The molecule has 5 heteroatoms. The van der Waals surface area contributed by atoms with Crippen LogP contribution in [0, 0.1) is 13.8 Å². The van der Waals surface area contributed by atoms with Crippen molar-refractivity contribution in [3.8, 4) is 11.5 Å². The molecule has 0 aliphatic rings. The van der Waals surface area contributed by atoms with Crippen LogP contribution in [0.25, 0.3) is 21.8 Å². The minimum absolute atomic E-state index is 0.233. The van der Waals surface area contributed by atoms with E-state index in [0.29, 0.717) is 19.7 Å². The van der Waals surface area contributed by atoms with Crippen LogP contribution in [0.5, 0.6) is 11.5 Å². The van der Waals surface area contributed by atoms with Gasteiger partial charge in [0.05, 0.1) is 5.52 Å². The Bertz CT molecular complexity index is 1140. The molecule has 4 rings (SSSR count). The third-order valence-electron chi connectivity index (χ3n) is 5.18. The molecule has 0 saturated heterocycles. The summed E-state index contributed by atoms with van der Waals surface area (Å²) in [6.07, 6.45) is -0.593. The maximum Gasteiger partial charge on any atom is 0.122 e. The van der Waals surface area contributed by atoms with Crippen molar-refractivity contribution in [1.82, 2.24) is 10.3 Å². The monoisotopic (exact) mass is 404 g/mol. The first-order chi connectivity index (χ1) is 14.6. The van der Waals surface area contributed by atoms with Crippen molar-refractivity contribution < 1.29 is 14.6 Å². The lowest BCUT2D eigenvalue weighted by Crippen LogP contribution is -2.33. The number of nitrogens with one attached hydrogen (secondary N) is 2. The van der Waals surface area contributed by atoms with Gasteiger partial charge in [-0.1, -0.05) is 30.3 Å². The zero-order valence-electron chi connectivity index (χ0n) is 17.4. The van der Waals surface area contributed by atoms with Gasteiger partial charge in [-0.05, 0) is 49.2 Å².